The normalized spacial score (nSPS) is 27.3. The zero-order valence-electron chi connectivity index (χ0n) is 7.86. The van der Waals surface area contributed by atoms with Crippen LogP contribution in [0.3, 0.4) is 0 Å². The van der Waals surface area contributed by atoms with Crippen molar-refractivity contribution in [2.24, 2.45) is 0 Å². The number of ether oxygens (including phenoxy) is 1. The minimum absolute atomic E-state index is 0.139. The van der Waals surface area contributed by atoms with E-state index in [1.807, 2.05) is 0 Å². The molecule has 5 heteroatoms. The van der Waals surface area contributed by atoms with Crippen molar-refractivity contribution in [1.29, 1.82) is 0 Å². The van der Waals surface area contributed by atoms with Crippen LogP contribution in [0.25, 0.3) is 0 Å². The molecule has 0 radical (unpaired) electrons. The Morgan fingerprint density at radius 2 is 2.31 bits per heavy atom. The van der Waals surface area contributed by atoms with Gasteiger partial charge in [-0.05, 0) is 13.8 Å². The number of aliphatic hydroxyl groups is 1. The molecule has 1 rings (SSSR count). The van der Waals surface area contributed by atoms with Crippen LogP contribution in [0, 0.1) is 0 Å². The Morgan fingerprint density at radius 3 is 2.77 bits per heavy atom. The van der Waals surface area contributed by atoms with Gasteiger partial charge >= 0.3 is 6.09 Å². The molecule has 1 atom stereocenters. The molecule has 2 N–H and O–H groups in total. The van der Waals surface area contributed by atoms with E-state index >= 15 is 0 Å². The van der Waals surface area contributed by atoms with Crippen LogP contribution in [0.2, 0.25) is 0 Å². The van der Waals surface area contributed by atoms with Gasteiger partial charge in [-0.3, -0.25) is 4.90 Å². The van der Waals surface area contributed by atoms with Gasteiger partial charge in [-0.1, -0.05) is 0 Å². The lowest BCUT2D eigenvalue weighted by Gasteiger charge is -2.43. The molecule has 0 aromatic heterocycles. The number of carbonyl (C=O) groups is 1. The number of hydrogen-bond acceptors (Lipinski definition) is 3. The summed E-state index contributed by atoms with van der Waals surface area (Å²) in [6, 6.07) is 0. The van der Waals surface area contributed by atoms with E-state index in [2.05, 4.69) is 0 Å². The van der Waals surface area contributed by atoms with Gasteiger partial charge in [0.2, 0.25) is 0 Å². The fraction of sp³-hybridized carbons (Fsp3) is 0.875. The van der Waals surface area contributed by atoms with E-state index in [0.29, 0.717) is 6.61 Å². The van der Waals surface area contributed by atoms with E-state index in [1.54, 1.807) is 13.8 Å². The minimum atomic E-state index is -0.966. The summed E-state index contributed by atoms with van der Waals surface area (Å²) in [6.45, 7) is 4.02. The highest BCUT2D eigenvalue weighted by molar-refractivity contribution is 5.66. The van der Waals surface area contributed by atoms with E-state index in [9.17, 15) is 4.79 Å². The number of nitrogens with zero attached hydrogens (tertiary/aromatic N) is 1. The van der Waals surface area contributed by atoms with Gasteiger partial charge in [-0.2, -0.15) is 0 Å². The van der Waals surface area contributed by atoms with Crippen molar-refractivity contribution in [2.45, 2.75) is 25.5 Å². The van der Waals surface area contributed by atoms with Crippen molar-refractivity contribution < 1.29 is 19.7 Å². The second-order valence-electron chi connectivity index (χ2n) is 3.82. The molecule has 1 fully saturated rings. The van der Waals surface area contributed by atoms with Gasteiger partial charge in [0.1, 0.15) is 0 Å². The smallest absolute Gasteiger partial charge is 0.407 e. The van der Waals surface area contributed by atoms with E-state index in [-0.39, 0.29) is 19.3 Å². The highest BCUT2D eigenvalue weighted by atomic mass is 16.5. The predicted octanol–water partition coefficient (Wildman–Crippen LogP) is 0.136. The number of hydrogen-bond donors (Lipinski definition) is 2. The lowest BCUT2D eigenvalue weighted by atomic mass is 10.0. The van der Waals surface area contributed by atoms with Crippen molar-refractivity contribution in [3.63, 3.8) is 0 Å². The molecule has 0 saturated carbocycles. The van der Waals surface area contributed by atoms with Crippen molar-refractivity contribution in [2.75, 3.05) is 19.8 Å². The number of aliphatic hydroxyl groups excluding tert-OH is 1. The van der Waals surface area contributed by atoms with Gasteiger partial charge in [0.15, 0.2) is 0 Å². The van der Waals surface area contributed by atoms with Crippen molar-refractivity contribution >= 4 is 6.09 Å². The molecule has 0 aliphatic carbocycles. The molecular formula is C8H15NO4. The summed E-state index contributed by atoms with van der Waals surface area (Å²) in [5.74, 6) is 0. The molecule has 5 nitrogen and oxygen atoms in total. The van der Waals surface area contributed by atoms with Crippen molar-refractivity contribution in [1.82, 2.24) is 4.90 Å². The van der Waals surface area contributed by atoms with Gasteiger partial charge in [0.05, 0.1) is 31.4 Å². The summed E-state index contributed by atoms with van der Waals surface area (Å²) in [6.07, 6.45) is -1.35. The molecule has 0 unspecified atom stereocenters. The van der Waals surface area contributed by atoms with Crippen molar-refractivity contribution in [3.8, 4) is 0 Å². The predicted molar refractivity (Wildman–Crippen MR) is 45.6 cm³/mol. The first-order valence-corrected chi connectivity index (χ1v) is 4.20. The van der Waals surface area contributed by atoms with Gasteiger partial charge in [0, 0.05) is 0 Å². The molecule has 0 aromatic carbocycles. The van der Waals surface area contributed by atoms with Crippen LogP contribution in [0.15, 0.2) is 0 Å². The van der Waals surface area contributed by atoms with Gasteiger partial charge in [-0.15, -0.1) is 0 Å². The number of carboxylic acid groups (broad SMARTS) is 1. The van der Waals surface area contributed by atoms with Crippen molar-refractivity contribution in [3.05, 3.63) is 0 Å². The molecule has 1 aliphatic heterocycles. The molecule has 0 bridgehead atoms. The average molecular weight is 189 g/mol. The number of amides is 1. The lowest BCUT2D eigenvalue weighted by Crippen LogP contribution is -2.58. The van der Waals surface area contributed by atoms with E-state index in [1.165, 1.54) is 4.90 Å². The summed E-state index contributed by atoms with van der Waals surface area (Å²) in [7, 11) is 0. The van der Waals surface area contributed by atoms with E-state index in [4.69, 9.17) is 14.9 Å². The Morgan fingerprint density at radius 1 is 1.69 bits per heavy atom. The molecule has 1 saturated heterocycles. The topological polar surface area (TPSA) is 70.0 Å². The third-order valence-corrected chi connectivity index (χ3v) is 2.22. The summed E-state index contributed by atoms with van der Waals surface area (Å²) >= 11 is 0. The van der Waals surface area contributed by atoms with Crippen LogP contribution < -0.4 is 0 Å². The third-order valence-electron chi connectivity index (χ3n) is 2.22. The van der Waals surface area contributed by atoms with Crippen LogP contribution in [0.1, 0.15) is 13.8 Å². The summed E-state index contributed by atoms with van der Waals surface area (Å²) in [5.41, 5.74) is -0.502. The minimum Gasteiger partial charge on any atom is -0.465 e. The Balaban J connectivity index is 2.69. The van der Waals surface area contributed by atoms with Crippen LogP contribution >= 0.6 is 0 Å². The fourth-order valence-electron chi connectivity index (χ4n) is 1.35. The second kappa shape index (κ2) is 3.51. The molecule has 1 amide bonds. The largest absolute Gasteiger partial charge is 0.465 e. The molecule has 1 heterocycles. The molecule has 1 aliphatic rings. The molecular weight excluding hydrogens is 174 g/mol. The fourth-order valence-corrected chi connectivity index (χ4v) is 1.35. The quantitative estimate of drug-likeness (QED) is 0.615. The van der Waals surface area contributed by atoms with Crippen LogP contribution in [-0.4, -0.2) is 52.6 Å². The Bertz CT molecular complexity index is 204. The first kappa shape index (κ1) is 10.3. The highest BCUT2D eigenvalue weighted by Gasteiger charge is 2.37. The maximum Gasteiger partial charge on any atom is 0.407 e. The lowest BCUT2D eigenvalue weighted by molar-refractivity contribution is -0.101. The first-order valence-electron chi connectivity index (χ1n) is 4.20. The van der Waals surface area contributed by atoms with E-state index in [0.717, 1.165) is 0 Å². The first-order chi connectivity index (χ1) is 5.97. The molecule has 13 heavy (non-hydrogen) atoms. The monoisotopic (exact) mass is 189 g/mol. The molecule has 0 aromatic rings. The number of rotatable bonds is 1. The molecule has 0 spiro atoms. The average Bonchev–Trinajstić information content (AvgIpc) is 2.03. The van der Waals surface area contributed by atoms with E-state index < -0.39 is 11.6 Å². The second-order valence-corrected chi connectivity index (χ2v) is 3.82. The van der Waals surface area contributed by atoms with Crippen LogP contribution in [-0.2, 0) is 4.74 Å². The van der Waals surface area contributed by atoms with Crippen LogP contribution in [0.4, 0.5) is 4.79 Å². The maximum absolute atomic E-state index is 10.8. The zero-order valence-corrected chi connectivity index (χ0v) is 7.86. The summed E-state index contributed by atoms with van der Waals surface area (Å²) in [5, 5.41) is 17.7. The maximum atomic E-state index is 10.8. The Labute approximate surface area is 76.9 Å². The SMILES string of the molecule is CC1(C)CO[C@@H](CO)CN1C(=O)O. The van der Waals surface area contributed by atoms with Gasteiger partial charge < -0.3 is 14.9 Å². The Hall–Kier alpha value is -0.810. The van der Waals surface area contributed by atoms with Crippen LogP contribution in [0.5, 0.6) is 0 Å². The third kappa shape index (κ3) is 2.10. The zero-order chi connectivity index (χ0) is 10.1. The summed E-state index contributed by atoms with van der Waals surface area (Å²) < 4.78 is 5.27. The summed E-state index contributed by atoms with van der Waals surface area (Å²) in [4.78, 5) is 12.1. The molecule has 76 valence electrons. The number of morpholine rings is 1. The highest BCUT2D eigenvalue weighted by Crippen LogP contribution is 2.21. The standard InChI is InChI=1S/C8H15NO4/c1-8(2)5-13-6(4-10)3-9(8)7(11)12/h6,10H,3-5H2,1-2H3,(H,11,12)/t6-/m1/s1. The Kier molecular flexibility index (Phi) is 2.77. The van der Waals surface area contributed by atoms with Gasteiger partial charge in [-0.25, -0.2) is 4.79 Å². The van der Waals surface area contributed by atoms with Gasteiger partial charge in [0.25, 0.3) is 0 Å².